The van der Waals surface area contributed by atoms with Crippen LogP contribution >= 0.6 is 0 Å². The van der Waals surface area contributed by atoms with Gasteiger partial charge in [-0.2, -0.15) is 5.26 Å². The van der Waals surface area contributed by atoms with Gasteiger partial charge in [-0.05, 0) is 17.2 Å². The Labute approximate surface area is 100 Å². The predicted molar refractivity (Wildman–Crippen MR) is 64.9 cm³/mol. The third kappa shape index (κ3) is 2.51. The molecule has 0 bridgehead atoms. The Morgan fingerprint density at radius 1 is 1.00 bits per heavy atom. The van der Waals surface area contributed by atoms with Gasteiger partial charge in [0.15, 0.2) is 0 Å². The summed E-state index contributed by atoms with van der Waals surface area (Å²) in [6.07, 6.45) is 0.283. The van der Waals surface area contributed by atoms with E-state index in [9.17, 15) is 4.39 Å². The molecule has 84 valence electrons. The minimum absolute atomic E-state index is 0.192. The maximum atomic E-state index is 13.7. The van der Waals surface area contributed by atoms with Crippen LogP contribution in [0.3, 0.4) is 0 Å². The normalized spacial score (nSPS) is 11.8. The van der Waals surface area contributed by atoms with Crippen LogP contribution in [0.25, 0.3) is 0 Å². The van der Waals surface area contributed by atoms with Crippen LogP contribution in [0.15, 0.2) is 54.6 Å². The SMILES string of the molecule is N#CCC(c1ccccc1)c1ccccc1F. The molecule has 1 unspecified atom stereocenters. The molecule has 0 amide bonds. The Morgan fingerprint density at radius 2 is 1.65 bits per heavy atom. The fourth-order valence-electron chi connectivity index (χ4n) is 1.94. The highest BCUT2D eigenvalue weighted by Gasteiger charge is 2.16. The molecule has 0 N–H and O–H groups in total. The van der Waals surface area contributed by atoms with Crippen molar-refractivity contribution >= 4 is 0 Å². The van der Waals surface area contributed by atoms with E-state index >= 15 is 0 Å². The number of halogens is 1. The smallest absolute Gasteiger partial charge is 0.127 e. The van der Waals surface area contributed by atoms with E-state index in [1.165, 1.54) is 6.07 Å². The summed E-state index contributed by atoms with van der Waals surface area (Å²) >= 11 is 0. The standard InChI is InChI=1S/C15H12FN/c16-15-9-5-4-8-14(15)13(10-11-17)12-6-2-1-3-7-12/h1-9,13H,10H2. The first-order valence-electron chi connectivity index (χ1n) is 5.49. The summed E-state index contributed by atoms with van der Waals surface area (Å²) in [5.41, 5.74) is 1.56. The van der Waals surface area contributed by atoms with E-state index in [0.29, 0.717) is 5.56 Å². The van der Waals surface area contributed by atoms with Crippen LogP contribution < -0.4 is 0 Å². The summed E-state index contributed by atoms with van der Waals surface area (Å²) in [5, 5.41) is 8.88. The quantitative estimate of drug-likeness (QED) is 0.777. The van der Waals surface area contributed by atoms with Crippen LogP contribution in [-0.4, -0.2) is 0 Å². The van der Waals surface area contributed by atoms with Gasteiger partial charge in [0.1, 0.15) is 5.82 Å². The third-order valence-corrected chi connectivity index (χ3v) is 2.78. The van der Waals surface area contributed by atoms with Crippen LogP contribution in [0, 0.1) is 17.1 Å². The van der Waals surface area contributed by atoms with Crippen molar-refractivity contribution in [1.82, 2.24) is 0 Å². The summed E-state index contributed by atoms with van der Waals surface area (Å²) in [7, 11) is 0. The van der Waals surface area contributed by atoms with Gasteiger partial charge >= 0.3 is 0 Å². The van der Waals surface area contributed by atoms with Gasteiger partial charge in [-0.1, -0.05) is 48.5 Å². The number of benzene rings is 2. The molecule has 0 aliphatic heterocycles. The molecule has 0 saturated carbocycles. The van der Waals surface area contributed by atoms with E-state index < -0.39 is 0 Å². The highest BCUT2D eigenvalue weighted by Crippen LogP contribution is 2.29. The monoisotopic (exact) mass is 225 g/mol. The lowest BCUT2D eigenvalue weighted by atomic mass is 9.89. The molecule has 0 heterocycles. The predicted octanol–water partition coefficient (Wildman–Crippen LogP) is 3.87. The maximum absolute atomic E-state index is 13.7. The van der Waals surface area contributed by atoms with Crippen LogP contribution in [-0.2, 0) is 0 Å². The first-order chi connectivity index (χ1) is 8.33. The Morgan fingerprint density at radius 3 is 2.29 bits per heavy atom. The van der Waals surface area contributed by atoms with Crippen molar-refractivity contribution in [1.29, 1.82) is 5.26 Å². The van der Waals surface area contributed by atoms with Crippen molar-refractivity contribution in [3.8, 4) is 6.07 Å². The van der Waals surface area contributed by atoms with Gasteiger partial charge in [0.2, 0.25) is 0 Å². The van der Waals surface area contributed by atoms with Gasteiger partial charge in [0.25, 0.3) is 0 Å². The van der Waals surface area contributed by atoms with Crippen LogP contribution in [0.1, 0.15) is 23.5 Å². The molecular weight excluding hydrogens is 213 g/mol. The van der Waals surface area contributed by atoms with Crippen LogP contribution in [0.2, 0.25) is 0 Å². The lowest BCUT2D eigenvalue weighted by molar-refractivity contribution is 0.598. The first kappa shape index (κ1) is 11.3. The second-order valence-corrected chi connectivity index (χ2v) is 3.85. The molecule has 1 nitrogen and oxygen atoms in total. The average molecular weight is 225 g/mol. The van der Waals surface area contributed by atoms with Gasteiger partial charge in [-0.25, -0.2) is 4.39 Å². The highest BCUT2D eigenvalue weighted by atomic mass is 19.1. The number of hydrogen-bond acceptors (Lipinski definition) is 1. The molecule has 0 spiro atoms. The lowest BCUT2D eigenvalue weighted by Crippen LogP contribution is -2.02. The van der Waals surface area contributed by atoms with Crippen molar-refractivity contribution in [3.05, 3.63) is 71.5 Å². The Hall–Kier alpha value is -2.14. The van der Waals surface area contributed by atoms with Gasteiger partial charge in [-0.3, -0.25) is 0 Å². The summed E-state index contributed by atoms with van der Waals surface area (Å²) in [6.45, 7) is 0. The second-order valence-electron chi connectivity index (χ2n) is 3.85. The second kappa shape index (κ2) is 5.27. The van der Waals surface area contributed by atoms with Crippen molar-refractivity contribution in [2.24, 2.45) is 0 Å². The van der Waals surface area contributed by atoms with Crippen molar-refractivity contribution in [2.75, 3.05) is 0 Å². The molecule has 2 aromatic carbocycles. The molecular formula is C15H12FN. The molecule has 2 heteroatoms. The summed E-state index contributed by atoms with van der Waals surface area (Å²) in [5.74, 6) is -0.445. The van der Waals surface area contributed by atoms with E-state index in [4.69, 9.17) is 5.26 Å². The fourth-order valence-corrected chi connectivity index (χ4v) is 1.94. The number of rotatable bonds is 3. The number of nitriles is 1. The van der Waals surface area contributed by atoms with E-state index in [0.717, 1.165) is 5.56 Å². The van der Waals surface area contributed by atoms with E-state index in [1.54, 1.807) is 18.2 Å². The van der Waals surface area contributed by atoms with Gasteiger partial charge in [-0.15, -0.1) is 0 Å². The molecule has 1 atom stereocenters. The molecule has 0 aliphatic rings. The maximum Gasteiger partial charge on any atom is 0.127 e. The Kier molecular flexibility index (Phi) is 3.52. The van der Waals surface area contributed by atoms with Gasteiger partial charge in [0.05, 0.1) is 6.07 Å². The lowest BCUT2D eigenvalue weighted by Gasteiger charge is -2.15. The molecule has 0 aliphatic carbocycles. The van der Waals surface area contributed by atoms with Gasteiger partial charge in [0, 0.05) is 12.3 Å². The van der Waals surface area contributed by atoms with Crippen molar-refractivity contribution < 1.29 is 4.39 Å². The third-order valence-electron chi connectivity index (χ3n) is 2.78. The molecule has 2 rings (SSSR count). The first-order valence-corrected chi connectivity index (χ1v) is 5.49. The molecule has 0 aromatic heterocycles. The number of nitrogens with zero attached hydrogens (tertiary/aromatic N) is 1. The highest BCUT2D eigenvalue weighted by molar-refractivity contribution is 5.34. The minimum Gasteiger partial charge on any atom is -0.207 e. The molecule has 0 radical (unpaired) electrons. The molecule has 0 fully saturated rings. The number of hydrogen-bond donors (Lipinski definition) is 0. The molecule has 0 saturated heterocycles. The zero-order valence-corrected chi connectivity index (χ0v) is 9.31. The van der Waals surface area contributed by atoms with Crippen LogP contribution in [0.4, 0.5) is 4.39 Å². The van der Waals surface area contributed by atoms with Gasteiger partial charge < -0.3 is 0 Å². The zero-order valence-electron chi connectivity index (χ0n) is 9.31. The fraction of sp³-hybridized carbons (Fsp3) is 0.133. The molecule has 17 heavy (non-hydrogen) atoms. The summed E-state index contributed by atoms with van der Waals surface area (Å²) in [6, 6.07) is 18.3. The topological polar surface area (TPSA) is 23.8 Å². The van der Waals surface area contributed by atoms with Crippen molar-refractivity contribution in [2.45, 2.75) is 12.3 Å². The Bertz CT molecular complexity index is 528. The Balaban J connectivity index is 2.44. The summed E-state index contributed by atoms with van der Waals surface area (Å²) in [4.78, 5) is 0. The zero-order chi connectivity index (χ0) is 12.1. The molecule has 2 aromatic rings. The van der Waals surface area contributed by atoms with E-state index in [-0.39, 0.29) is 18.2 Å². The average Bonchev–Trinajstić information content (AvgIpc) is 2.38. The largest absolute Gasteiger partial charge is 0.207 e. The van der Waals surface area contributed by atoms with E-state index in [1.807, 2.05) is 30.3 Å². The van der Waals surface area contributed by atoms with E-state index in [2.05, 4.69) is 6.07 Å². The summed E-state index contributed by atoms with van der Waals surface area (Å²) < 4.78 is 13.7. The minimum atomic E-state index is -0.253. The van der Waals surface area contributed by atoms with Crippen LogP contribution in [0.5, 0.6) is 0 Å². The van der Waals surface area contributed by atoms with Crippen molar-refractivity contribution in [3.63, 3.8) is 0 Å².